The number of esters is 1. The van der Waals surface area contributed by atoms with Crippen LogP contribution in [0.4, 0.5) is 14.7 Å². The average Bonchev–Trinajstić information content (AvgIpc) is 3.79. The Kier molecular flexibility index (Phi) is 16.9. The summed E-state index contributed by atoms with van der Waals surface area (Å²) < 4.78 is 34.2. The Morgan fingerprint density at radius 2 is 1.61 bits per heavy atom. The summed E-state index contributed by atoms with van der Waals surface area (Å²) in [4.78, 5) is 61.7. The van der Waals surface area contributed by atoms with Gasteiger partial charge in [0.1, 0.15) is 34.8 Å². The minimum absolute atomic E-state index is 0.0700. The van der Waals surface area contributed by atoms with Crippen molar-refractivity contribution in [2.75, 3.05) is 18.4 Å². The van der Waals surface area contributed by atoms with Gasteiger partial charge >= 0.3 is 24.1 Å². The van der Waals surface area contributed by atoms with Gasteiger partial charge in [0.05, 0.1) is 17.9 Å². The summed E-state index contributed by atoms with van der Waals surface area (Å²) in [7, 11) is -2.28. The second-order valence-corrected chi connectivity index (χ2v) is 26.7. The van der Waals surface area contributed by atoms with Gasteiger partial charge in [-0.15, -0.1) is 16.0 Å². The number of carbonyl (C=O) groups excluding carboxylic acids is 3. The van der Waals surface area contributed by atoms with Crippen molar-refractivity contribution in [2.24, 2.45) is 10.9 Å². The van der Waals surface area contributed by atoms with E-state index in [9.17, 15) is 24.3 Å². The molecule has 1 aliphatic heterocycles. The smallest absolute Gasteiger partial charge is 0.413 e. The summed E-state index contributed by atoms with van der Waals surface area (Å²) >= 11 is 0.962. The molecule has 4 rings (SSSR count). The number of anilines is 1. The topological polar surface area (TPSA) is 228 Å². The van der Waals surface area contributed by atoms with Crippen molar-refractivity contribution in [1.82, 2.24) is 15.0 Å². The molecule has 0 saturated heterocycles. The van der Waals surface area contributed by atoms with E-state index in [1.54, 1.807) is 41.5 Å². The van der Waals surface area contributed by atoms with E-state index >= 15 is 0 Å². The predicted octanol–water partition coefficient (Wildman–Crippen LogP) is 7.81. The molecule has 0 saturated carbocycles. The average molecular weight is 959 g/mol. The number of alkyl carbamates (subject to hydrolysis) is 1. The van der Waals surface area contributed by atoms with Crippen molar-refractivity contribution < 1.29 is 57.2 Å². The number of carboxylic acid groups (broad SMARTS) is 1. The Hall–Kier alpha value is -5.05. The molecule has 0 fully saturated rings. The molecule has 0 unspecified atom stereocenters. The fourth-order valence-corrected chi connectivity index (χ4v) is 8.47. The molecule has 3 aromatic rings. The highest BCUT2D eigenvalue weighted by Crippen LogP contribution is 2.39. The maximum Gasteiger partial charge on any atom is 0.413 e. The number of carboxylic acids is 1. The van der Waals surface area contributed by atoms with Gasteiger partial charge in [0, 0.05) is 18.3 Å². The van der Waals surface area contributed by atoms with E-state index in [1.165, 1.54) is 12.3 Å². The van der Waals surface area contributed by atoms with Gasteiger partial charge in [0.25, 0.3) is 5.60 Å². The Labute approximate surface area is 394 Å². The first kappa shape index (κ1) is 53.6. The zero-order valence-electron chi connectivity index (χ0n) is 41.4. The highest BCUT2D eigenvalue weighted by molar-refractivity contribution is 7.14. The van der Waals surface area contributed by atoms with Crippen LogP contribution in [-0.4, -0.2) is 101 Å². The third-order valence-corrected chi connectivity index (χ3v) is 16.0. The van der Waals surface area contributed by atoms with Crippen molar-refractivity contribution in [1.29, 1.82) is 0 Å². The van der Waals surface area contributed by atoms with Crippen LogP contribution in [0.5, 0.6) is 5.75 Å². The lowest BCUT2D eigenvalue weighted by molar-refractivity contribution is -0.775. The number of fused-ring (bicyclic) bond motifs is 1. The molecule has 0 radical (unpaired) electrons. The molecule has 18 nitrogen and oxygen atoms in total. The fraction of sp³-hybridized carbons (Fsp3) is 0.630. The summed E-state index contributed by atoms with van der Waals surface area (Å²) in [6.45, 7) is 29.9. The number of hydrogen-bond acceptors (Lipinski definition) is 14. The minimum atomic E-state index is -2.28. The lowest BCUT2D eigenvalue weighted by Gasteiger charge is -2.39. The monoisotopic (exact) mass is 958 g/mol. The van der Waals surface area contributed by atoms with E-state index in [4.69, 9.17) is 33.9 Å². The molecule has 0 spiro atoms. The highest BCUT2D eigenvalue weighted by Gasteiger charge is 2.51. The largest absolute Gasteiger partial charge is 0.485 e. The molecule has 2 aromatic heterocycles. The molecule has 1 aliphatic rings. The van der Waals surface area contributed by atoms with Crippen LogP contribution in [0, 0.1) is 0 Å². The van der Waals surface area contributed by atoms with Crippen LogP contribution in [0.15, 0.2) is 41.1 Å². The number of benzene rings is 1. The van der Waals surface area contributed by atoms with Gasteiger partial charge in [0.2, 0.25) is 11.9 Å². The van der Waals surface area contributed by atoms with Crippen LogP contribution in [-0.2, 0) is 52.6 Å². The number of oxime groups is 1. The SMILES string of the molecule is CC(C)(C)OC(=O)NC[C@@H](Cn1cc(-c2ccc3c(c2)CC[C@H]([C@](C)(O/N=C(\C(=O)O)c2csc(NC(=O)OC(C)(C)C)n2)C(=O)OC(C)(C)C)O3)c[n+]1CCCN)O[Si](C)(C)C(C)(C)C. The van der Waals surface area contributed by atoms with Crippen LogP contribution in [0.3, 0.4) is 0 Å². The van der Waals surface area contributed by atoms with Crippen LogP contribution in [0.25, 0.3) is 11.1 Å². The number of rotatable bonds is 17. The standard InChI is InChI=1S/C46H71N7O11SSi/c1-42(2,3)60-38(56)46(13,64-51-36(37(54)55)33-28-65-39(49-33)50-41(58)62-44(7,8)9)35-20-18-30-23-29(17-19-34(30)59-35)31-25-52(22-16-21-47)53(26-31)27-32(63-66(14,15)45(10,11)12)24-48-40(57)61-43(4,5)6/h17,19,23,25-26,28,32,35H,16,18,20-22,24,27,47H2,1-15H3,(H2-,48,49,50,54,55,57,58)/p+1/b51-36-/t32-,35+,46-/m0/s1. The van der Waals surface area contributed by atoms with E-state index < -0.39 is 66.7 Å². The molecule has 5 N–H and O–H groups in total. The van der Waals surface area contributed by atoms with Gasteiger partial charge < -0.3 is 44.4 Å². The van der Waals surface area contributed by atoms with Gasteiger partial charge in [-0.2, -0.15) is 4.68 Å². The maximum absolute atomic E-state index is 14.0. The summed E-state index contributed by atoms with van der Waals surface area (Å²) in [5.41, 5.74) is 3.76. The van der Waals surface area contributed by atoms with E-state index in [1.807, 2.05) is 39.0 Å². The lowest BCUT2D eigenvalue weighted by atomic mass is 9.89. The molecular formula is C46H72N7O11SSi+. The Bertz CT molecular complexity index is 2230. The number of aryl methyl sites for hydroxylation is 2. The maximum atomic E-state index is 14.0. The van der Waals surface area contributed by atoms with Gasteiger partial charge in [-0.1, -0.05) is 32.0 Å². The Morgan fingerprint density at radius 1 is 0.970 bits per heavy atom. The van der Waals surface area contributed by atoms with Crippen molar-refractivity contribution >= 4 is 54.6 Å². The Balaban J connectivity index is 1.63. The van der Waals surface area contributed by atoms with Gasteiger partial charge in [-0.3, -0.25) is 5.32 Å². The van der Waals surface area contributed by atoms with Crippen molar-refractivity contribution in [3.8, 4) is 16.9 Å². The molecule has 3 heterocycles. The number of amides is 2. The summed E-state index contributed by atoms with van der Waals surface area (Å²) in [6, 6.07) is 5.81. The van der Waals surface area contributed by atoms with Crippen molar-refractivity contribution in [2.45, 2.75) is 175 Å². The second kappa shape index (κ2) is 20.9. The molecule has 66 heavy (non-hydrogen) atoms. The van der Waals surface area contributed by atoms with E-state index in [-0.39, 0.29) is 28.5 Å². The zero-order valence-corrected chi connectivity index (χ0v) is 43.2. The number of aromatic nitrogens is 3. The van der Waals surface area contributed by atoms with Crippen LogP contribution in [0.2, 0.25) is 18.1 Å². The lowest BCUT2D eigenvalue weighted by Crippen LogP contribution is -2.54. The molecule has 0 bridgehead atoms. The molecule has 1 aromatic carbocycles. The number of nitrogens with two attached hydrogens (primary N) is 1. The quantitative estimate of drug-likeness (QED) is 0.0253. The van der Waals surface area contributed by atoms with Crippen molar-refractivity contribution in [3.63, 3.8) is 0 Å². The molecule has 3 atom stereocenters. The van der Waals surface area contributed by atoms with E-state index in [2.05, 4.69) is 76.4 Å². The van der Waals surface area contributed by atoms with Crippen LogP contribution >= 0.6 is 11.3 Å². The van der Waals surface area contributed by atoms with Gasteiger partial charge in [0.15, 0.2) is 26.1 Å². The highest BCUT2D eigenvalue weighted by atomic mass is 32.1. The fourth-order valence-electron chi connectivity index (χ4n) is 6.44. The number of carbonyl (C=O) groups is 4. The first-order valence-electron chi connectivity index (χ1n) is 22.2. The first-order chi connectivity index (χ1) is 30.3. The Morgan fingerprint density at radius 3 is 2.20 bits per heavy atom. The minimum Gasteiger partial charge on any atom is -0.485 e. The van der Waals surface area contributed by atoms with Crippen LogP contribution in [0.1, 0.15) is 114 Å². The number of hydrogen-bond donors (Lipinski definition) is 4. The number of ether oxygens (including phenoxy) is 4. The molecular weight excluding hydrogens is 887 g/mol. The molecule has 20 heteroatoms. The summed E-state index contributed by atoms with van der Waals surface area (Å²) in [5, 5.41) is 20.9. The summed E-state index contributed by atoms with van der Waals surface area (Å²) in [6.07, 6.45) is 3.05. The first-order valence-corrected chi connectivity index (χ1v) is 26.0. The number of aliphatic carboxylic acids is 1. The van der Waals surface area contributed by atoms with E-state index in [0.29, 0.717) is 38.2 Å². The van der Waals surface area contributed by atoms with Crippen LogP contribution < -0.4 is 25.8 Å². The normalized spacial score (nSPS) is 16.2. The van der Waals surface area contributed by atoms with E-state index in [0.717, 1.165) is 34.4 Å². The number of nitrogens with zero attached hydrogens (tertiary/aromatic N) is 4. The number of nitrogens with one attached hydrogen (secondary N) is 2. The third kappa shape index (κ3) is 15.2. The van der Waals surface area contributed by atoms with Gasteiger partial charge in [-0.05, 0) is 130 Å². The number of thiazole rings is 1. The second-order valence-electron chi connectivity index (χ2n) is 21.1. The van der Waals surface area contributed by atoms with Crippen molar-refractivity contribution in [3.05, 3.63) is 47.2 Å². The third-order valence-electron chi connectivity index (χ3n) is 10.7. The summed E-state index contributed by atoms with van der Waals surface area (Å²) in [5.74, 6) is -1.77. The predicted molar refractivity (Wildman–Crippen MR) is 254 cm³/mol. The molecule has 366 valence electrons. The molecule has 0 aliphatic carbocycles. The van der Waals surface area contributed by atoms with Gasteiger partial charge in [-0.25, -0.2) is 24.2 Å². The zero-order chi connectivity index (χ0) is 49.6. The molecule has 2 amide bonds.